The smallest absolute Gasteiger partial charge is 0.265 e. The number of hydrazine groups is 1. The second-order valence-corrected chi connectivity index (χ2v) is 5.45. The molecule has 3 N–H and O–H groups in total. The third kappa shape index (κ3) is 2.70. The average molecular weight is 349 g/mol. The second-order valence-electron chi connectivity index (χ2n) is 4.54. The van der Waals surface area contributed by atoms with Gasteiger partial charge < -0.3 is 15.1 Å². The van der Waals surface area contributed by atoms with Gasteiger partial charge in [-0.15, -0.1) is 0 Å². The molecule has 7 heteroatoms. The Labute approximate surface area is 130 Å². The number of aromatic nitrogens is 1. The highest BCUT2D eigenvalue weighted by Gasteiger charge is 2.26. The van der Waals surface area contributed by atoms with E-state index < -0.39 is 0 Å². The number of carbonyl (C=O) groups excluding carboxylic acids is 1. The third-order valence-electron chi connectivity index (χ3n) is 3.22. The molecule has 1 aliphatic rings. The first-order valence-electron chi connectivity index (χ1n) is 6.32. The van der Waals surface area contributed by atoms with Crippen molar-refractivity contribution in [2.45, 2.75) is 6.54 Å². The number of carbonyl (C=O) groups is 1. The highest BCUT2D eigenvalue weighted by Crippen LogP contribution is 2.35. The zero-order valence-corrected chi connectivity index (χ0v) is 12.6. The Morgan fingerprint density at radius 1 is 1.43 bits per heavy atom. The average Bonchev–Trinajstić information content (AvgIpc) is 2.50. The van der Waals surface area contributed by atoms with Gasteiger partial charge in [0.05, 0.1) is 12.2 Å². The van der Waals surface area contributed by atoms with Gasteiger partial charge in [0.2, 0.25) is 0 Å². The highest BCUT2D eigenvalue weighted by molar-refractivity contribution is 9.10. The molecule has 0 bridgehead atoms. The Morgan fingerprint density at radius 2 is 2.29 bits per heavy atom. The molecule has 3 rings (SSSR count). The predicted octanol–water partition coefficient (Wildman–Crippen LogP) is 2.06. The van der Waals surface area contributed by atoms with E-state index >= 15 is 0 Å². The summed E-state index contributed by atoms with van der Waals surface area (Å²) in [7, 11) is 0. The molecule has 1 aliphatic heterocycles. The Kier molecular flexibility index (Phi) is 3.76. The van der Waals surface area contributed by atoms with Gasteiger partial charge in [-0.25, -0.2) is 10.8 Å². The van der Waals surface area contributed by atoms with Gasteiger partial charge in [-0.1, -0.05) is 22.0 Å². The van der Waals surface area contributed by atoms with Gasteiger partial charge in [-0.2, -0.15) is 0 Å². The number of nitrogens with two attached hydrogens (primary N) is 1. The molecule has 0 saturated carbocycles. The van der Waals surface area contributed by atoms with Crippen molar-refractivity contribution in [3.63, 3.8) is 0 Å². The number of hydrogen-bond acceptors (Lipinski definition) is 5. The number of pyridine rings is 1. The lowest BCUT2D eigenvalue weighted by Crippen LogP contribution is -2.38. The number of hydrogen-bond donors (Lipinski definition) is 2. The lowest BCUT2D eigenvalue weighted by Gasteiger charge is -2.30. The van der Waals surface area contributed by atoms with Crippen molar-refractivity contribution in [2.75, 3.05) is 16.9 Å². The Bertz CT molecular complexity index is 692. The quantitative estimate of drug-likeness (QED) is 0.655. The topological polar surface area (TPSA) is 80.5 Å². The highest BCUT2D eigenvalue weighted by atomic mass is 79.9. The summed E-state index contributed by atoms with van der Waals surface area (Å²) in [5.41, 5.74) is 4.11. The van der Waals surface area contributed by atoms with Crippen LogP contribution >= 0.6 is 15.9 Å². The van der Waals surface area contributed by atoms with Gasteiger partial charge in [0.1, 0.15) is 11.6 Å². The summed E-state index contributed by atoms with van der Waals surface area (Å²) in [6.07, 6.45) is 1.64. The van der Waals surface area contributed by atoms with Crippen LogP contribution in [0.5, 0.6) is 5.75 Å². The number of fused-ring (bicyclic) bond motifs is 1. The Balaban J connectivity index is 1.98. The minimum atomic E-state index is -0.104. The molecule has 6 nitrogen and oxygen atoms in total. The van der Waals surface area contributed by atoms with E-state index in [1.165, 1.54) is 0 Å². The van der Waals surface area contributed by atoms with Crippen molar-refractivity contribution in [1.82, 2.24) is 4.98 Å². The van der Waals surface area contributed by atoms with E-state index in [9.17, 15) is 4.79 Å². The fraction of sp³-hybridized carbons (Fsp3) is 0.143. The van der Waals surface area contributed by atoms with Crippen LogP contribution in [0.4, 0.5) is 11.5 Å². The largest absolute Gasteiger partial charge is 0.482 e. The number of ether oxygens (including phenoxy) is 1. The molecule has 0 atom stereocenters. The number of benzene rings is 1. The number of anilines is 2. The first-order chi connectivity index (χ1) is 10.2. The van der Waals surface area contributed by atoms with Crippen LogP contribution < -0.4 is 20.9 Å². The maximum absolute atomic E-state index is 12.2. The predicted molar refractivity (Wildman–Crippen MR) is 82.9 cm³/mol. The normalized spacial score (nSPS) is 13.6. The summed E-state index contributed by atoms with van der Waals surface area (Å²) in [6.45, 7) is 0.402. The van der Waals surface area contributed by atoms with Crippen LogP contribution in [-0.4, -0.2) is 17.5 Å². The number of amides is 1. The van der Waals surface area contributed by atoms with Crippen LogP contribution in [0.1, 0.15) is 5.56 Å². The monoisotopic (exact) mass is 348 g/mol. The fourth-order valence-corrected chi connectivity index (χ4v) is 2.56. The molecule has 1 aromatic heterocycles. The van der Waals surface area contributed by atoms with Crippen molar-refractivity contribution in [1.29, 1.82) is 0 Å². The van der Waals surface area contributed by atoms with Gasteiger partial charge in [0.25, 0.3) is 5.91 Å². The van der Waals surface area contributed by atoms with Crippen LogP contribution in [0.3, 0.4) is 0 Å². The van der Waals surface area contributed by atoms with Crippen molar-refractivity contribution in [2.24, 2.45) is 5.84 Å². The molecule has 0 saturated heterocycles. The first-order valence-corrected chi connectivity index (χ1v) is 7.11. The summed E-state index contributed by atoms with van der Waals surface area (Å²) in [5.74, 6) is 6.59. The van der Waals surface area contributed by atoms with E-state index in [0.717, 1.165) is 15.7 Å². The molecule has 108 valence electrons. The first kappa shape index (κ1) is 13.8. The summed E-state index contributed by atoms with van der Waals surface area (Å²) in [5, 5.41) is 0. The third-order valence-corrected chi connectivity index (χ3v) is 3.71. The molecular formula is C14H13BrN4O2. The van der Waals surface area contributed by atoms with E-state index in [1.807, 2.05) is 30.3 Å². The van der Waals surface area contributed by atoms with Gasteiger partial charge in [0, 0.05) is 16.2 Å². The molecule has 1 aromatic carbocycles. The van der Waals surface area contributed by atoms with Crippen molar-refractivity contribution in [3.8, 4) is 5.75 Å². The van der Waals surface area contributed by atoms with Crippen LogP contribution in [0.2, 0.25) is 0 Å². The maximum atomic E-state index is 12.2. The lowest BCUT2D eigenvalue weighted by atomic mass is 10.2. The number of halogens is 1. The number of nitrogens with zero attached hydrogens (tertiary/aromatic N) is 2. The number of nitrogens with one attached hydrogen (secondary N) is 1. The fourth-order valence-electron chi connectivity index (χ4n) is 2.22. The SMILES string of the molecule is NNc1ncccc1CN1C(=O)COc2ccc(Br)cc21. The minimum Gasteiger partial charge on any atom is -0.482 e. The van der Waals surface area contributed by atoms with E-state index in [-0.39, 0.29) is 12.5 Å². The van der Waals surface area contributed by atoms with Crippen LogP contribution in [-0.2, 0) is 11.3 Å². The van der Waals surface area contributed by atoms with Gasteiger partial charge in [-0.05, 0) is 24.3 Å². The molecule has 0 aliphatic carbocycles. The molecule has 2 aromatic rings. The van der Waals surface area contributed by atoms with Gasteiger partial charge in [-0.3, -0.25) is 4.79 Å². The molecule has 1 amide bonds. The second kappa shape index (κ2) is 5.71. The summed E-state index contributed by atoms with van der Waals surface area (Å²) >= 11 is 3.41. The van der Waals surface area contributed by atoms with E-state index in [0.29, 0.717) is 18.1 Å². The molecular weight excluding hydrogens is 336 g/mol. The molecule has 0 radical (unpaired) electrons. The Morgan fingerprint density at radius 3 is 3.10 bits per heavy atom. The zero-order valence-electron chi connectivity index (χ0n) is 11.0. The van der Waals surface area contributed by atoms with E-state index in [4.69, 9.17) is 10.6 Å². The minimum absolute atomic E-state index is 0.0281. The zero-order chi connectivity index (χ0) is 14.8. The molecule has 0 fully saturated rings. The van der Waals surface area contributed by atoms with Gasteiger partial charge >= 0.3 is 0 Å². The number of nitrogen functional groups attached to an aromatic ring is 1. The van der Waals surface area contributed by atoms with Crippen molar-refractivity contribution < 1.29 is 9.53 Å². The number of rotatable bonds is 3. The molecule has 0 unspecified atom stereocenters. The summed E-state index contributed by atoms with van der Waals surface area (Å²) < 4.78 is 6.33. The maximum Gasteiger partial charge on any atom is 0.265 e. The summed E-state index contributed by atoms with van der Waals surface area (Å²) in [4.78, 5) is 18.0. The molecule has 0 spiro atoms. The summed E-state index contributed by atoms with van der Waals surface area (Å²) in [6, 6.07) is 9.26. The van der Waals surface area contributed by atoms with Crippen molar-refractivity contribution in [3.05, 3.63) is 46.6 Å². The van der Waals surface area contributed by atoms with E-state index in [2.05, 4.69) is 26.3 Å². The molecule has 21 heavy (non-hydrogen) atoms. The molecule has 2 heterocycles. The van der Waals surface area contributed by atoms with Crippen molar-refractivity contribution >= 4 is 33.3 Å². The van der Waals surface area contributed by atoms with E-state index in [1.54, 1.807) is 11.1 Å². The van der Waals surface area contributed by atoms with Crippen LogP contribution in [0, 0.1) is 0 Å². The van der Waals surface area contributed by atoms with Crippen LogP contribution in [0.15, 0.2) is 41.0 Å². The standard InChI is InChI=1S/C14H13BrN4O2/c15-10-3-4-12-11(6-10)19(13(20)8-21-12)7-9-2-1-5-17-14(9)18-16/h1-6H,7-8,16H2,(H,17,18). The lowest BCUT2D eigenvalue weighted by molar-refractivity contribution is -0.121. The van der Waals surface area contributed by atoms with Gasteiger partial charge in [0.15, 0.2) is 6.61 Å². The Hall–Kier alpha value is -2.12. The van der Waals surface area contributed by atoms with Crippen LogP contribution in [0.25, 0.3) is 0 Å².